The molecular weight excluding hydrogens is 97.9 g/mol. The quantitative estimate of drug-likeness (QED) is 0.504. The topological polar surface area (TPSA) is 12.0 Å². The molecule has 0 rings (SSSR count). The Morgan fingerprint density at radius 2 is 2.40 bits per heavy atom. The molecule has 1 N–H and O–H groups in total. The maximum absolute atomic E-state index is 3.02. The molecule has 0 aromatic heterocycles. The van der Waals surface area contributed by atoms with E-state index in [2.05, 4.69) is 10.7 Å². The summed E-state index contributed by atoms with van der Waals surface area (Å²) in [5, 5.41) is 0. The molecule has 0 fully saturated rings. The predicted octanol–water partition coefficient (Wildman–Crippen LogP) is 0.448. The molecule has 29 valence electrons. The van der Waals surface area contributed by atoms with Gasteiger partial charge < -0.3 is 0 Å². The first-order valence-corrected chi connectivity index (χ1v) is 2.59. The van der Waals surface area contributed by atoms with Crippen molar-refractivity contribution in [2.45, 2.75) is 13.3 Å². The van der Waals surface area contributed by atoms with E-state index in [9.17, 15) is 0 Å². The van der Waals surface area contributed by atoms with Gasteiger partial charge in [0.2, 0.25) is 0 Å². The van der Waals surface area contributed by atoms with Crippen molar-refractivity contribution in [3.63, 3.8) is 0 Å². The summed E-state index contributed by atoms with van der Waals surface area (Å²) in [6.45, 7) is 3.29. The molecule has 0 heterocycles. The molecule has 0 bridgehead atoms. The molecule has 0 aliphatic rings. The fourth-order valence-electron chi connectivity index (χ4n) is 0.125. The molecule has 0 saturated heterocycles. The van der Waals surface area contributed by atoms with Crippen LogP contribution < -0.4 is 3.80 Å². The van der Waals surface area contributed by atoms with Gasteiger partial charge in [0.15, 0.2) is 0 Å². The summed E-state index contributed by atoms with van der Waals surface area (Å²) in [6, 6.07) is 0. The van der Waals surface area contributed by atoms with E-state index >= 15 is 0 Å². The van der Waals surface area contributed by atoms with Crippen molar-refractivity contribution >= 4 is 0 Å². The molecule has 0 amide bonds. The van der Waals surface area contributed by atoms with Crippen LogP contribution in [0.1, 0.15) is 13.3 Å². The molecule has 0 unspecified atom stereocenters. The Hall–Kier alpha value is 0.674. The molecule has 0 aliphatic heterocycles. The van der Waals surface area contributed by atoms with Crippen molar-refractivity contribution in [2.75, 3.05) is 6.54 Å². The molecule has 0 aliphatic carbocycles. The minimum atomic E-state index is 1.14. The fourth-order valence-corrected chi connectivity index (χ4v) is 0.515. The summed E-state index contributed by atoms with van der Waals surface area (Å²) < 4.78 is 3.02. The van der Waals surface area contributed by atoms with Gasteiger partial charge in [-0.15, -0.1) is 0 Å². The second-order valence-electron chi connectivity index (χ2n) is 0.927. The molecule has 0 radical (unpaired) electrons. The summed E-state index contributed by atoms with van der Waals surface area (Å²) in [6.07, 6.45) is 1.23. The molecule has 0 aromatic rings. The van der Waals surface area contributed by atoms with E-state index in [0.29, 0.717) is 0 Å². The third kappa shape index (κ3) is 4.67. The molecule has 1 nitrogen and oxygen atoms in total. The van der Waals surface area contributed by atoms with Crippen LogP contribution in [0.2, 0.25) is 0 Å². The second kappa shape index (κ2) is 4.67. The molecule has 0 atom stereocenters. The Kier molecular flexibility index (Phi) is 5.30. The zero-order valence-corrected chi connectivity index (χ0v) is 4.98. The van der Waals surface area contributed by atoms with E-state index in [0.717, 1.165) is 6.54 Å². The summed E-state index contributed by atoms with van der Waals surface area (Å²) >= 11 is 1.96. The second-order valence-corrected chi connectivity index (χ2v) is 1.48. The van der Waals surface area contributed by atoms with Gasteiger partial charge in [0.1, 0.15) is 0 Å². The van der Waals surface area contributed by atoms with Crippen molar-refractivity contribution in [3.8, 4) is 0 Å². The molecule has 2 heteroatoms. The minimum absolute atomic E-state index is 1.14. The van der Waals surface area contributed by atoms with Gasteiger partial charge in [-0.05, 0) is 0 Å². The van der Waals surface area contributed by atoms with Crippen molar-refractivity contribution < 1.29 is 20.7 Å². The Morgan fingerprint density at radius 1 is 1.80 bits per heavy atom. The van der Waals surface area contributed by atoms with E-state index < -0.39 is 0 Å². The van der Waals surface area contributed by atoms with Crippen LogP contribution in [0, 0.1) is 0 Å². The van der Waals surface area contributed by atoms with Crippen LogP contribution in [0.5, 0.6) is 0 Å². The Morgan fingerprint density at radius 3 is 2.40 bits per heavy atom. The molecule has 0 spiro atoms. The Bertz CT molecular complexity index is 14.4. The summed E-state index contributed by atoms with van der Waals surface area (Å²) in [4.78, 5) is 0. The Balaban J connectivity index is 2.19. The predicted molar refractivity (Wildman–Crippen MR) is 18.3 cm³/mol. The van der Waals surface area contributed by atoms with Gasteiger partial charge in [0.05, 0.1) is 0 Å². The zero-order chi connectivity index (χ0) is 4.12. The number of rotatable bonds is 2. The monoisotopic (exact) mass is 106 g/mol. The van der Waals surface area contributed by atoms with Gasteiger partial charge in [-0.25, -0.2) is 0 Å². The third-order valence-electron chi connectivity index (χ3n) is 0.375. The van der Waals surface area contributed by atoms with E-state index in [-0.39, 0.29) is 0 Å². The van der Waals surface area contributed by atoms with Crippen LogP contribution in [0.4, 0.5) is 0 Å². The van der Waals surface area contributed by atoms with Crippen LogP contribution >= 0.6 is 0 Å². The SMILES string of the molecule is CCC[NH][Ti]. The van der Waals surface area contributed by atoms with E-state index in [4.69, 9.17) is 0 Å². The van der Waals surface area contributed by atoms with Crippen LogP contribution in [-0.2, 0) is 20.7 Å². The Labute approximate surface area is 44.9 Å². The van der Waals surface area contributed by atoms with Crippen molar-refractivity contribution in [2.24, 2.45) is 0 Å². The standard InChI is InChI=1S/C3H8N.Ti/c1-2-3-4;/h4H,2-3H2,1H3;/q-1;+1. The van der Waals surface area contributed by atoms with Gasteiger partial charge in [-0.1, -0.05) is 0 Å². The first-order chi connectivity index (χ1) is 2.41. The summed E-state index contributed by atoms with van der Waals surface area (Å²) in [5.74, 6) is 0. The first kappa shape index (κ1) is 5.67. The van der Waals surface area contributed by atoms with Gasteiger partial charge in [0.25, 0.3) is 0 Å². The normalized spacial score (nSPS) is 8.00. The van der Waals surface area contributed by atoms with Crippen LogP contribution in [0.25, 0.3) is 0 Å². The van der Waals surface area contributed by atoms with Crippen LogP contribution in [0.3, 0.4) is 0 Å². The molecule has 0 saturated carbocycles. The summed E-state index contributed by atoms with van der Waals surface area (Å²) in [5.41, 5.74) is 0. The fraction of sp³-hybridized carbons (Fsp3) is 1.00. The maximum atomic E-state index is 3.02. The van der Waals surface area contributed by atoms with Crippen molar-refractivity contribution in [1.29, 1.82) is 0 Å². The van der Waals surface area contributed by atoms with E-state index in [1.165, 1.54) is 6.42 Å². The van der Waals surface area contributed by atoms with Gasteiger partial charge in [-0.3, -0.25) is 0 Å². The van der Waals surface area contributed by atoms with Crippen molar-refractivity contribution in [1.82, 2.24) is 3.80 Å². The average molecular weight is 106 g/mol. The number of nitrogens with one attached hydrogen (secondary N) is 1. The average Bonchev–Trinajstić information content (AvgIpc) is 1.41. The van der Waals surface area contributed by atoms with E-state index in [1.54, 1.807) is 0 Å². The van der Waals surface area contributed by atoms with Gasteiger partial charge in [0, 0.05) is 0 Å². The number of hydrogen-bond donors (Lipinski definition) is 1. The molecule has 0 aromatic carbocycles. The number of hydrogen-bond acceptors (Lipinski definition) is 1. The van der Waals surface area contributed by atoms with E-state index in [1.807, 2.05) is 20.7 Å². The van der Waals surface area contributed by atoms with Crippen LogP contribution in [-0.4, -0.2) is 6.54 Å². The summed E-state index contributed by atoms with van der Waals surface area (Å²) in [7, 11) is 0. The first-order valence-electron chi connectivity index (χ1n) is 1.81. The molecular formula is C3H8NTi. The van der Waals surface area contributed by atoms with Gasteiger partial charge in [-0.2, -0.15) is 0 Å². The van der Waals surface area contributed by atoms with Gasteiger partial charge >= 0.3 is 44.4 Å². The molecule has 5 heavy (non-hydrogen) atoms. The van der Waals surface area contributed by atoms with Crippen molar-refractivity contribution in [3.05, 3.63) is 0 Å². The van der Waals surface area contributed by atoms with Crippen LogP contribution in [0.15, 0.2) is 0 Å². The third-order valence-corrected chi connectivity index (χ3v) is 0.765. The zero-order valence-electron chi connectivity index (χ0n) is 3.41.